The second-order valence-corrected chi connectivity index (χ2v) is 6.81. The number of anilines is 1. The van der Waals surface area contributed by atoms with Crippen molar-refractivity contribution in [3.8, 4) is 0 Å². The Morgan fingerprint density at radius 3 is 2.80 bits per heavy atom. The Balaban J connectivity index is 2.07. The highest BCUT2D eigenvalue weighted by Crippen LogP contribution is 2.32. The molecule has 1 aliphatic heterocycles. The van der Waals surface area contributed by atoms with Gasteiger partial charge in [-0.15, -0.1) is 0 Å². The van der Waals surface area contributed by atoms with Gasteiger partial charge in [0.1, 0.15) is 0 Å². The Labute approximate surface area is 131 Å². The fourth-order valence-electron chi connectivity index (χ4n) is 3.14. The maximum atomic E-state index is 9.65. The van der Waals surface area contributed by atoms with Crippen LogP contribution < -0.4 is 4.90 Å². The molecular formula is C17H26BrNO. The molecule has 2 atom stereocenters. The highest BCUT2D eigenvalue weighted by molar-refractivity contribution is 9.10. The molecule has 1 aromatic rings. The van der Waals surface area contributed by atoms with Gasteiger partial charge in [-0.3, -0.25) is 0 Å². The quantitative estimate of drug-likeness (QED) is 0.842. The molecule has 2 nitrogen and oxygen atoms in total. The minimum absolute atomic E-state index is 0.404. The van der Waals surface area contributed by atoms with Gasteiger partial charge in [0, 0.05) is 17.6 Å². The SMILES string of the molecule is CCCC1CCCN(c2ccc([C@H](C)O)cc2Br)CC1. The van der Waals surface area contributed by atoms with Crippen molar-refractivity contribution in [2.24, 2.45) is 5.92 Å². The molecule has 2 rings (SSSR count). The molecule has 0 amide bonds. The van der Waals surface area contributed by atoms with E-state index in [9.17, 15) is 5.11 Å². The van der Waals surface area contributed by atoms with Crippen LogP contribution in [0.25, 0.3) is 0 Å². The third kappa shape index (κ3) is 3.98. The number of aliphatic hydroxyl groups is 1. The van der Waals surface area contributed by atoms with Crippen LogP contribution in [0.15, 0.2) is 22.7 Å². The fraction of sp³-hybridized carbons (Fsp3) is 0.647. The van der Waals surface area contributed by atoms with Crippen LogP contribution in [0.5, 0.6) is 0 Å². The summed E-state index contributed by atoms with van der Waals surface area (Å²) in [6, 6.07) is 6.24. The predicted octanol–water partition coefficient (Wildman–Crippen LogP) is 4.91. The molecule has 0 bridgehead atoms. The normalized spacial score (nSPS) is 21.6. The molecule has 1 aromatic carbocycles. The molecule has 20 heavy (non-hydrogen) atoms. The zero-order valence-corrected chi connectivity index (χ0v) is 14.2. The lowest BCUT2D eigenvalue weighted by molar-refractivity contribution is 0.199. The standard InChI is InChI=1S/C17H26BrNO/c1-3-5-14-6-4-10-19(11-9-14)17-8-7-15(13(2)20)12-16(17)18/h7-8,12-14,20H,3-6,9-11H2,1-2H3/t13-,14?/m0/s1. The first-order valence-corrected chi connectivity index (χ1v) is 8.63. The van der Waals surface area contributed by atoms with E-state index in [0.717, 1.165) is 29.0 Å². The second-order valence-electron chi connectivity index (χ2n) is 5.96. The van der Waals surface area contributed by atoms with Gasteiger partial charge < -0.3 is 10.0 Å². The van der Waals surface area contributed by atoms with E-state index in [1.165, 1.54) is 37.8 Å². The van der Waals surface area contributed by atoms with E-state index in [-0.39, 0.29) is 0 Å². The molecule has 1 fully saturated rings. The summed E-state index contributed by atoms with van der Waals surface area (Å²) in [4.78, 5) is 2.49. The van der Waals surface area contributed by atoms with Crippen LogP contribution in [0.4, 0.5) is 5.69 Å². The van der Waals surface area contributed by atoms with Crippen LogP contribution in [0, 0.1) is 5.92 Å². The van der Waals surface area contributed by atoms with Crippen molar-refractivity contribution in [3.63, 3.8) is 0 Å². The predicted molar refractivity (Wildman–Crippen MR) is 89.2 cm³/mol. The second kappa shape index (κ2) is 7.46. The van der Waals surface area contributed by atoms with Crippen molar-refractivity contribution >= 4 is 21.6 Å². The molecule has 1 aliphatic rings. The summed E-state index contributed by atoms with van der Waals surface area (Å²) in [5.74, 6) is 0.903. The minimum Gasteiger partial charge on any atom is -0.389 e. The average molecular weight is 340 g/mol. The van der Waals surface area contributed by atoms with Gasteiger partial charge >= 0.3 is 0 Å². The van der Waals surface area contributed by atoms with Crippen molar-refractivity contribution < 1.29 is 5.11 Å². The van der Waals surface area contributed by atoms with Gasteiger partial charge in [0.05, 0.1) is 11.8 Å². The summed E-state index contributed by atoms with van der Waals surface area (Å²) in [6.07, 6.45) is 6.23. The van der Waals surface area contributed by atoms with Gasteiger partial charge in [-0.2, -0.15) is 0 Å². The van der Waals surface area contributed by atoms with E-state index in [0.29, 0.717) is 0 Å². The summed E-state index contributed by atoms with van der Waals surface area (Å²) in [5.41, 5.74) is 2.24. The summed E-state index contributed by atoms with van der Waals surface area (Å²) >= 11 is 3.67. The number of hydrogen-bond acceptors (Lipinski definition) is 2. The lowest BCUT2D eigenvalue weighted by atomic mass is 9.96. The summed E-state index contributed by atoms with van der Waals surface area (Å²) in [5, 5.41) is 9.65. The number of rotatable bonds is 4. The van der Waals surface area contributed by atoms with Crippen LogP contribution in [0.1, 0.15) is 57.6 Å². The van der Waals surface area contributed by atoms with E-state index < -0.39 is 6.10 Å². The average Bonchev–Trinajstić information content (AvgIpc) is 2.65. The number of aliphatic hydroxyl groups excluding tert-OH is 1. The minimum atomic E-state index is -0.404. The molecule has 0 aliphatic carbocycles. The first kappa shape index (κ1) is 15.8. The molecule has 112 valence electrons. The lowest BCUT2D eigenvalue weighted by Gasteiger charge is -2.25. The molecule has 3 heteroatoms. The van der Waals surface area contributed by atoms with Gasteiger partial charge in [0.2, 0.25) is 0 Å². The number of hydrogen-bond donors (Lipinski definition) is 1. The van der Waals surface area contributed by atoms with E-state index in [2.05, 4.69) is 39.9 Å². The highest BCUT2D eigenvalue weighted by atomic mass is 79.9. The first-order chi connectivity index (χ1) is 9.61. The molecule has 0 saturated carbocycles. The number of nitrogens with zero attached hydrogens (tertiary/aromatic N) is 1. The molecule has 1 unspecified atom stereocenters. The zero-order valence-electron chi connectivity index (χ0n) is 12.6. The number of halogens is 1. The van der Waals surface area contributed by atoms with E-state index >= 15 is 0 Å². The van der Waals surface area contributed by atoms with Crippen LogP contribution in [-0.2, 0) is 0 Å². The molecule has 0 spiro atoms. The van der Waals surface area contributed by atoms with Crippen LogP contribution >= 0.6 is 15.9 Å². The summed E-state index contributed by atoms with van der Waals surface area (Å²) in [6.45, 7) is 6.39. The number of benzene rings is 1. The van der Waals surface area contributed by atoms with Gasteiger partial charge in [0.25, 0.3) is 0 Å². The molecular weight excluding hydrogens is 314 g/mol. The van der Waals surface area contributed by atoms with Crippen LogP contribution in [0.2, 0.25) is 0 Å². The van der Waals surface area contributed by atoms with Crippen LogP contribution in [-0.4, -0.2) is 18.2 Å². The summed E-state index contributed by atoms with van der Waals surface area (Å²) < 4.78 is 1.10. The van der Waals surface area contributed by atoms with Crippen molar-refractivity contribution in [1.29, 1.82) is 0 Å². The Morgan fingerprint density at radius 1 is 1.35 bits per heavy atom. The van der Waals surface area contributed by atoms with Gasteiger partial charge in [0.15, 0.2) is 0 Å². The van der Waals surface area contributed by atoms with Crippen molar-refractivity contribution in [2.45, 2.75) is 52.1 Å². The van der Waals surface area contributed by atoms with Crippen molar-refractivity contribution in [3.05, 3.63) is 28.2 Å². The molecule has 1 heterocycles. The van der Waals surface area contributed by atoms with Crippen molar-refractivity contribution in [1.82, 2.24) is 0 Å². The molecule has 0 radical (unpaired) electrons. The smallest absolute Gasteiger partial charge is 0.0762 e. The lowest BCUT2D eigenvalue weighted by Crippen LogP contribution is -2.24. The van der Waals surface area contributed by atoms with Gasteiger partial charge in [-0.25, -0.2) is 0 Å². The van der Waals surface area contributed by atoms with E-state index in [1.54, 1.807) is 0 Å². The van der Waals surface area contributed by atoms with Crippen LogP contribution in [0.3, 0.4) is 0 Å². The molecule has 1 saturated heterocycles. The zero-order chi connectivity index (χ0) is 14.5. The Morgan fingerprint density at radius 2 is 2.15 bits per heavy atom. The molecule has 1 N–H and O–H groups in total. The maximum absolute atomic E-state index is 9.65. The monoisotopic (exact) mass is 339 g/mol. The van der Waals surface area contributed by atoms with E-state index in [1.807, 2.05) is 13.0 Å². The topological polar surface area (TPSA) is 23.5 Å². The molecule has 0 aromatic heterocycles. The fourth-order valence-corrected chi connectivity index (χ4v) is 3.79. The maximum Gasteiger partial charge on any atom is 0.0762 e. The largest absolute Gasteiger partial charge is 0.389 e. The Kier molecular flexibility index (Phi) is 5.91. The van der Waals surface area contributed by atoms with Gasteiger partial charge in [-0.1, -0.05) is 25.8 Å². The Bertz CT molecular complexity index is 433. The first-order valence-electron chi connectivity index (χ1n) is 7.84. The third-order valence-electron chi connectivity index (χ3n) is 4.34. The summed E-state index contributed by atoms with van der Waals surface area (Å²) in [7, 11) is 0. The van der Waals surface area contributed by atoms with E-state index in [4.69, 9.17) is 0 Å². The third-order valence-corrected chi connectivity index (χ3v) is 4.97. The van der Waals surface area contributed by atoms with Gasteiger partial charge in [-0.05, 0) is 65.7 Å². The highest BCUT2D eigenvalue weighted by Gasteiger charge is 2.18. The Hall–Kier alpha value is -0.540. The van der Waals surface area contributed by atoms with Crippen molar-refractivity contribution in [2.75, 3.05) is 18.0 Å².